The predicted molar refractivity (Wildman–Crippen MR) is 65.8 cm³/mol. The molecule has 1 aromatic rings. The number of piperidine rings is 1. The van der Waals surface area contributed by atoms with Gasteiger partial charge in [-0.3, -0.25) is 0 Å². The highest BCUT2D eigenvalue weighted by Gasteiger charge is 2.19. The summed E-state index contributed by atoms with van der Waals surface area (Å²) in [5.41, 5.74) is 0. The van der Waals surface area contributed by atoms with Crippen LogP contribution in [0.1, 0.15) is 12.8 Å². The zero-order valence-electron chi connectivity index (χ0n) is 8.37. The first-order chi connectivity index (χ1) is 7.29. The Hall–Kier alpha value is -0.350. The lowest BCUT2D eigenvalue weighted by atomic mass is 9.99. The van der Waals surface area contributed by atoms with Crippen molar-refractivity contribution in [3.05, 3.63) is 17.4 Å². The highest BCUT2D eigenvalue weighted by molar-refractivity contribution is 9.09. The van der Waals surface area contributed by atoms with Crippen molar-refractivity contribution >= 4 is 33.5 Å². The van der Waals surface area contributed by atoms with Gasteiger partial charge in [0.2, 0.25) is 5.95 Å². The number of hydrogen-bond donors (Lipinski definition) is 0. The molecule has 2 rings (SSSR count). The van der Waals surface area contributed by atoms with Crippen molar-refractivity contribution in [2.24, 2.45) is 5.92 Å². The van der Waals surface area contributed by atoms with Crippen molar-refractivity contribution in [1.29, 1.82) is 0 Å². The summed E-state index contributed by atoms with van der Waals surface area (Å²) < 4.78 is 0. The van der Waals surface area contributed by atoms with Crippen LogP contribution in [0, 0.1) is 5.92 Å². The first kappa shape index (κ1) is 11.1. The smallest absolute Gasteiger partial charge is 0.225 e. The summed E-state index contributed by atoms with van der Waals surface area (Å²) in [6.45, 7) is 2.08. The largest absolute Gasteiger partial charge is 0.341 e. The molecule has 1 fully saturated rings. The predicted octanol–water partition coefficient (Wildman–Crippen LogP) is 2.74. The lowest BCUT2D eigenvalue weighted by Crippen LogP contribution is -2.35. The number of anilines is 1. The van der Waals surface area contributed by atoms with Crippen molar-refractivity contribution < 1.29 is 0 Å². The van der Waals surface area contributed by atoms with E-state index in [1.807, 2.05) is 0 Å². The first-order valence-electron chi connectivity index (χ1n) is 5.08. The third-order valence-corrected chi connectivity index (χ3v) is 3.83. The van der Waals surface area contributed by atoms with Crippen molar-refractivity contribution in [2.45, 2.75) is 12.8 Å². The molecule has 0 radical (unpaired) electrons. The quantitative estimate of drug-likeness (QED) is 0.784. The molecule has 3 nitrogen and oxygen atoms in total. The zero-order chi connectivity index (χ0) is 10.7. The topological polar surface area (TPSA) is 29.0 Å². The Morgan fingerprint density at radius 3 is 2.47 bits per heavy atom. The second kappa shape index (κ2) is 5.12. The van der Waals surface area contributed by atoms with Crippen LogP contribution >= 0.6 is 27.5 Å². The minimum Gasteiger partial charge on any atom is -0.341 e. The molecule has 0 amide bonds. The maximum atomic E-state index is 5.75. The van der Waals surface area contributed by atoms with Gasteiger partial charge in [-0.2, -0.15) is 0 Å². The molecule has 82 valence electrons. The molecule has 0 unspecified atom stereocenters. The Balaban J connectivity index is 1.98. The van der Waals surface area contributed by atoms with Gasteiger partial charge in [-0.25, -0.2) is 9.97 Å². The number of nitrogens with zero attached hydrogens (tertiary/aromatic N) is 3. The maximum absolute atomic E-state index is 5.75. The van der Waals surface area contributed by atoms with E-state index >= 15 is 0 Å². The number of alkyl halides is 1. The number of rotatable bonds is 2. The zero-order valence-corrected chi connectivity index (χ0v) is 10.7. The molecule has 15 heavy (non-hydrogen) atoms. The molecule has 0 atom stereocenters. The molecule has 0 N–H and O–H groups in total. The van der Waals surface area contributed by atoms with Crippen molar-refractivity contribution in [1.82, 2.24) is 9.97 Å². The lowest BCUT2D eigenvalue weighted by molar-refractivity contribution is 0.443. The van der Waals surface area contributed by atoms with E-state index in [1.54, 1.807) is 12.4 Å². The van der Waals surface area contributed by atoms with E-state index in [0.717, 1.165) is 30.3 Å². The van der Waals surface area contributed by atoms with Crippen molar-refractivity contribution in [3.63, 3.8) is 0 Å². The van der Waals surface area contributed by atoms with Crippen LogP contribution in [0.25, 0.3) is 0 Å². The average Bonchev–Trinajstić information content (AvgIpc) is 2.30. The normalized spacial score (nSPS) is 18.1. The summed E-state index contributed by atoms with van der Waals surface area (Å²) in [7, 11) is 0. The Bertz CT molecular complexity index is 309. The Labute approximate surface area is 103 Å². The van der Waals surface area contributed by atoms with Gasteiger partial charge >= 0.3 is 0 Å². The molecule has 0 saturated carbocycles. The third-order valence-electron chi connectivity index (χ3n) is 2.72. The van der Waals surface area contributed by atoms with Crippen LogP contribution in [0.4, 0.5) is 5.95 Å². The second-order valence-corrected chi connectivity index (χ2v) is 4.87. The van der Waals surface area contributed by atoms with Gasteiger partial charge < -0.3 is 4.90 Å². The van der Waals surface area contributed by atoms with Crippen molar-refractivity contribution in [3.8, 4) is 0 Å². The number of halogens is 2. The van der Waals surface area contributed by atoms with E-state index < -0.39 is 0 Å². The monoisotopic (exact) mass is 289 g/mol. The lowest BCUT2D eigenvalue weighted by Gasteiger charge is -2.30. The van der Waals surface area contributed by atoms with Crippen LogP contribution in [0.3, 0.4) is 0 Å². The molecule has 0 aromatic carbocycles. The van der Waals surface area contributed by atoms with E-state index in [2.05, 4.69) is 30.8 Å². The van der Waals surface area contributed by atoms with Gasteiger partial charge in [0.25, 0.3) is 0 Å². The standard InChI is InChI=1S/C10H13BrClN3/c11-5-8-1-3-15(4-2-8)10-13-6-9(12)7-14-10/h6-8H,1-5H2. The van der Waals surface area contributed by atoms with E-state index in [4.69, 9.17) is 11.6 Å². The Morgan fingerprint density at radius 1 is 1.33 bits per heavy atom. The molecule has 0 bridgehead atoms. The summed E-state index contributed by atoms with van der Waals surface area (Å²) in [5.74, 6) is 1.60. The van der Waals surface area contributed by atoms with E-state index in [1.165, 1.54) is 12.8 Å². The number of hydrogen-bond acceptors (Lipinski definition) is 3. The summed E-state index contributed by atoms with van der Waals surface area (Å²) in [6, 6.07) is 0. The fraction of sp³-hybridized carbons (Fsp3) is 0.600. The van der Waals surface area contributed by atoms with E-state index in [0.29, 0.717) is 5.02 Å². The molecule has 1 aromatic heterocycles. The molecule has 5 heteroatoms. The fourth-order valence-electron chi connectivity index (χ4n) is 1.76. The van der Waals surface area contributed by atoms with Gasteiger partial charge in [-0.05, 0) is 18.8 Å². The van der Waals surface area contributed by atoms with Gasteiger partial charge in [-0.15, -0.1) is 0 Å². The van der Waals surface area contributed by atoms with Gasteiger partial charge in [0, 0.05) is 18.4 Å². The summed E-state index contributed by atoms with van der Waals surface area (Å²) in [6.07, 6.45) is 5.72. The Morgan fingerprint density at radius 2 is 1.93 bits per heavy atom. The van der Waals surface area contributed by atoms with Crippen LogP contribution in [-0.4, -0.2) is 28.4 Å². The van der Waals surface area contributed by atoms with Gasteiger partial charge in [0.15, 0.2) is 0 Å². The minimum absolute atomic E-state index is 0.592. The molecular formula is C10H13BrClN3. The van der Waals surface area contributed by atoms with Crippen molar-refractivity contribution in [2.75, 3.05) is 23.3 Å². The van der Waals surface area contributed by atoms with Gasteiger partial charge in [0.1, 0.15) is 0 Å². The summed E-state index contributed by atoms with van der Waals surface area (Å²) in [5, 5.41) is 1.69. The second-order valence-electron chi connectivity index (χ2n) is 3.79. The van der Waals surface area contributed by atoms with Crippen LogP contribution in [0.15, 0.2) is 12.4 Å². The van der Waals surface area contributed by atoms with Crippen LogP contribution in [0.2, 0.25) is 5.02 Å². The maximum Gasteiger partial charge on any atom is 0.225 e. The Kier molecular flexibility index (Phi) is 3.81. The molecule has 1 aliphatic heterocycles. The van der Waals surface area contributed by atoms with Crippen LogP contribution in [-0.2, 0) is 0 Å². The van der Waals surface area contributed by atoms with Gasteiger partial charge in [-0.1, -0.05) is 27.5 Å². The summed E-state index contributed by atoms with van der Waals surface area (Å²) in [4.78, 5) is 10.7. The third kappa shape index (κ3) is 2.82. The van der Waals surface area contributed by atoms with Crippen LogP contribution in [0.5, 0.6) is 0 Å². The van der Waals surface area contributed by atoms with E-state index in [-0.39, 0.29) is 0 Å². The first-order valence-corrected chi connectivity index (χ1v) is 6.58. The fourth-order valence-corrected chi connectivity index (χ4v) is 2.50. The molecule has 1 aliphatic rings. The molecule has 0 spiro atoms. The van der Waals surface area contributed by atoms with Crippen LogP contribution < -0.4 is 4.90 Å². The number of aromatic nitrogens is 2. The molecule has 0 aliphatic carbocycles. The highest BCUT2D eigenvalue weighted by atomic mass is 79.9. The molecule has 2 heterocycles. The minimum atomic E-state index is 0.592. The summed E-state index contributed by atoms with van der Waals surface area (Å²) >= 11 is 9.28. The van der Waals surface area contributed by atoms with Gasteiger partial charge in [0.05, 0.1) is 17.4 Å². The molecular weight excluding hydrogens is 277 g/mol. The van der Waals surface area contributed by atoms with E-state index in [9.17, 15) is 0 Å². The average molecular weight is 291 g/mol. The SMILES string of the molecule is Clc1cnc(N2CCC(CBr)CC2)nc1. The highest BCUT2D eigenvalue weighted by Crippen LogP contribution is 2.22. The molecule has 1 saturated heterocycles.